The van der Waals surface area contributed by atoms with Gasteiger partial charge < -0.3 is 4.74 Å². The summed E-state index contributed by atoms with van der Waals surface area (Å²) >= 11 is 11.7. The SMILES string of the molecule is CCOC(=O)c1ccc(-n2cc(-c3cc(Cl)cc(Cl)c3)c(C(F)(F)F)n2)cc1C(F)(F)F. The van der Waals surface area contributed by atoms with Crippen molar-refractivity contribution < 1.29 is 35.9 Å². The summed E-state index contributed by atoms with van der Waals surface area (Å²) < 4.78 is 86.6. The first-order valence-electron chi connectivity index (χ1n) is 8.83. The minimum absolute atomic E-state index is 0.0275. The zero-order valence-corrected chi connectivity index (χ0v) is 17.5. The highest BCUT2D eigenvalue weighted by molar-refractivity contribution is 6.35. The van der Waals surface area contributed by atoms with Crippen LogP contribution >= 0.6 is 23.2 Å². The summed E-state index contributed by atoms with van der Waals surface area (Å²) in [4.78, 5) is 11.9. The summed E-state index contributed by atoms with van der Waals surface area (Å²) in [5.74, 6) is -1.21. The molecule has 0 amide bonds. The van der Waals surface area contributed by atoms with Gasteiger partial charge in [-0.2, -0.15) is 31.4 Å². The van der Waals surface area contributed by atoms with Gasteiger partial charge in [0, 0.05) is 21.8 Å². The molecule has 3 aromatic rings. The molecule has 0 bridgehead atoms. The number of halogens is 8. The van der Waals surface area contributed by atoms with Gasteiger partial charge in [0.15, 0.2) is 5.69 Å². The fourth-order valence-electron chi connectivity index (χ4n) is 2.93. The monoisotopic (exact) mass is 496 g/mol. The Morgan fingerprint density at radius 1 is 1.00 bits per heavy atom. The van der Waals surface area contributed by atoms with Crippen LogP contribution in [0.1, 0.15) is 28.5 Å². The van der Waals surface area contributed by atoms with E-state index in [-0.39, 0.29) is 27.9 Å². The maximum atomic E-state index is 13.6. The maximum absolute atomic E-state index is 13.6. The van der Waals surface area contributed by atoms with E-state index in [1.807, 2.05) is 0 Å². The second kappa shape index (κ2) is 8.67. The van der Waals surface area contributed by atoms with Crippen molar-refractivity contribution in [1.82, 2.24) is 9.78 Å². The molecule has 3 rings (SSSR count). The predicted octanol–water partition coefficient (Wildman–Crippen LogP) is 7.06. The number of carbonyl (C=O) groups excluding carboxylic acids is 1. The van der Waals surface area contributed by atoms with E-state index in [2.05, 4.69) is 9.84 Å². The molecular formula is C20H12Cl2F6N2O2. The minimum Gasteiger partial charge on any atom is -0.462 e. The maximum Gasteiger partial charge on any atom is 0.435 e. The normalized spacial score (nSPS) is 12.2. The van der Waals surface area contributed by atoms with Crippen molar-refractivity contribution in [1.29, 1.82) is 0 Å². The second-order valence-corrected chi connectivity index (χ2v) is 7.31. The van der Waals surface area contributed by atoms with Gasteiger partial charge in [-0.05, 0) is 48.9 Å². The standard InChI is InChI=1S/C20H12Cl2F6N2O2/c1-2-32-18(31)14-4-3-13(8-16(14)19(23,24)25)30-9-15(17(29-30)20(26,27)28)10-5-11(21)7-12(22)6-10/h3-9H,2H2,1H3. The zero-order valence-electron chi connectivity index (χ0n) is 16.0. The molecule has 0 aliphatic heterocycles. The lowest BCUT2D eigenvalue weighted by Crippen LogP contribution is -2.16. The van der Waals surface area contributed by atoms with Crippen LogP contribution in [-0.2, 0) is 17.1 Å². The van der Waals surface area contributed by atoms with Crippen LogP contribution in [0.5, 0.6) is 0 Å². The highest BCUT2D eigenvalue weighted by Gasteiger charge is 2.39. The largest absolute Gasteiger partial charge is 0.462 e. The number of ether oxygens (including phenoxy) is 1. The molecule has 0 radical (unpaired) electrons. The molecule has 0 atom stereocenters. The van der Waals surface area contributed by atoms with Gasteiger partial charge in [-0.1, -0.05) is 23.2 Å². The van der Waals surface area contributed by atoms with E-state index in [0.29, 0.717) is 10.7 Å². The number of alkyl halides is 6. The number of nitrogens with zero attached hydrogens (tertiary/aromatic N) is 2. The van der Waals surface area contributed by atoms with Gasteiger partial charge in [0.1, 0.15) is 0 Å². The van der Waals surface area contributed by atoms with Crippen molar-refractivity contribution in [3.05, 3.63) is 69.5 Å². The lowest BCUT2D eigenvalue weighted by Gasteiger charge is -2.14. The molecule has 0 aliphatic rings. The average Bonchev–Trinajstić information content (AvgIpc) is 3.12. The molecule has 32 heavy (non-hydrogen) atoms. The van der Waals surface area contributed by atoms with Crippen molar-refractivity contribution in [2.45, 2.75) is 19.3 Å². The van der Waals surface area contributed by atoms with Crippen LogP contribution < -0.4 is 0 Å². The molecule has 0 saturated carbocycles. The smallest absolute Gasteiger partial charge is 0.435 e. The first kappa shape index (κ1) is 23.9. The third kappa shape index (κ3) is 5.02. The third-order valence-electron chi connectivity index (χ3n) is 4.22. The summed E-state index contributed by atoms with van der Waals surface area (Å²) in [5.41, 5.74) is -4.31. The molecule has 4 nitrogen and oxygen atoms in total. The summed E-state index contributed by atoms with van der Waals surface area (Å²) in [7, 11) is 0. The van der Waals surface area contributed by atoms with Gasteiger partial charge in [-0.15, -0.1) is 0 Å². The predicted molar refractivity (Wildman–Crippen MR) is 105 cm³/mol. The number of aromatic nitrogens is 2. The molecule has 170 valence electrons. The van der Waals surface area contributed by atoms with Crippen LogP contribution in [0, 0.1) is 0 Å². The number of hydrogen-bond donors (Lipinski definition) is 0. The first-order valence-corrected chi connectivity index (χ1v) is 9.59. The fraction of sp³-hybridized carbons (Fsp3) is 0.200. The highest BCUT2D eigenvalue weighted by Crippen LogP contribution is 2.39. The Bertz CT molecular complexity index is 1150. The van der Waals surface area contributed by atoms with Crippen LogP contribution in [-0.4, -0.2) is 22.4 Å². The molecule has 0 fully saturated rings. The van der Waals surface area contributed by atoms with E-state index < -0.39 is 40.7 Å². The fourth-order valence-corrected chi connectivity index (χ4v) is 3.46. The van der Waals surface area contributed by atoms with Gasteiger partial charge in [0.25, 0.3) is 0 Å². The third-order valence-corrected chi connectivity index (χ3v) is 4.66. The molecule has 1 heterocycles. The number of carbonyl (C=O) groups is 1. The number of benzene rings is 2. The highest BCUT2D eigenvalue weighted by atomic mass is 35.5. The zero-order chi connectivity index (χ0) is 23.8. The summed E-state index contributed by atoms with van der Waals surface area (Å²) in [6, 6.07) is 6.12. The van der Waals surface area contributed by atoms with Crippen molar-refractivity contribution in [3.63, 3.8) is 0 Å². The summed E-state index contributed by atoms with van der Waals surface area (Å²) in [6.07, 6.45) is -8.99. The molecule has 12 heteroatoms. The number of rotatable bonds is 4. The minimum atomic E-state index is -4.97. The van der Waals surface area contributed by atoms with Crippen LogP contribution in [0.4, 0.5) is 26.3 Å². The Labute approximate surface area is 187 Å². The van der Waals surface area contributed by atoms with E-state index in [9.17, 15) is 31.1 Å². The number of esters is 1. The lowest BCUT2D eigenvalue weighted by molar-refractivity contribution is -0.141. The Balaban J connectivity index is 2.20. The lowest BCUT2D eigenvalue weighted by atomic mass is 10.1. The molecule has 1 aromatic heterocycles. The molecule has 0 spiro atoms. The molecule has 2 aromatic carbocycles. The van der Waals surface area contributed by atoms with Gasteiger partial charge in [-0.25, -0.2) is 9.48 Å². The van der Waals surface area contributed by atoms with Gasteiger partial charge in [0.2, 0.25) is 0 Å². The number of hydrogen-bond acceptors (Lipinski definition) is 3. The topological polar surface area (TPSA) is 44.1 Å². The van der Waals surface area contributed by atoms with Crippen molar-refractivity contribution in [3.8, 4) is 16.8 Å². The molecule has 0 aliphatic carbocycles. The Morgan fingerprint density at radius 2 is 1.62 bits per heavy atom. The average molecular weight is 497 g/mol. The van der Waals surface area contributed by atoms with E-state index in [1.54, 1.807) is 0 Å². The summed E-state index contributed by atoms with van der Waals surface area (Å²) in [6.45, 7) is 1.27. The molecule has 0 unspecified atom stereocenters. The Kier molecular flexibility index (Phi) is 6.48. The van der Waals surface area contributed by atoms with E-state index in [4.69, 9.17) is 23.2 Å². The van der Waals surface area contributed by atoms with Crippen LogP contribution in [0.2, 0.25) is 10.0 Å². The quantitative estimate of drug-likeness (QED) is 0.287. The van der Waals surface area contributed by atoms with Gasteiger partial charge >= 0.3 is 18.3 Å². The van der Waals surface area contributed by atoms with Crippen molar-refractivity contribution >= 4 is 29.2 Å². The Morgan fingerprint density at radius 3 is 2.16 bits per heavy atom. The second-order valence-electron chi connectivity index (χ2n) is 6.44. The van der Waals surface area contributed by atoms with E-state index in [1.165, 1.54) is 25.1 Å². The van der Waals surface area contributed by atoms with E-state index >= 15 is 0 Å². The van der Waals surface area contributed by atoms with Crippen LogP contribution in [0.3, 0.4) is 0 Å². The van der Waals surface area contributed by atoms with Crippen molar-refractivity contribution in [2.75, 3.05) is 6.61 Å². The van der Waals surface area contributed by atoms with Crippen LogP contribution in [0.15, 0.2) is 42.6 Å². The first-order chi connectivity index (χ1) is 14.8. The molecular weight excluding hydrogens is 485 g/mol. The van der Waals surface area contributed by atoms with Gasteiger partial charge in [0.05, 0.1) is 23.4 Å². The molecule has 0 saturated heterocycles. The van der Waals surface area contributed by atoms with Crippen molar-refractivity contribution in [2.24, 2.45) is 0 Å². The molecule has 0 N–H and O–H groups in total. The Hall–Kier alpha value is -2.72. The summed E-state index contributed by atoms with van der Waals surface area (Å²) in [5, 5.41) is 3.57. The van der Waals surface area contributed by atoms with Gasteiger partial charge in [-0.3, -0.25) is 0 Å². The van der Waals surface area contributed by atoms with E-state index in [0.717, 1.165) is 18.3 Å². The van der Waals surface area contributed by atoms with Crippen LogP contribution in [0.25, 0.3) is 16.8 Å².